The van der Waals surface area contributed by atoms with Crippen LogP contribution in [0.5, 0.6) is 11.5 Å². The summed E-state index contributed by atoms with van der Waals surface area (Å²) < 4.78 is 26.2. The lowest BCUT2D eigenvalue weighted by Gasteiger charge is -2.34. The molecular formula is C30H41FN2O6. The van der Waals surface area contributed by atoms with Crippen molar-refractivity contribution in [1.82, 2.24) is 10.6 Å². The van der Waals surface area contributed by atoms with E-state index < -0.39 is 23.1 Å². The second-order valence-electron chi connectivity index (χ2n) is 12.9. The zero-order valence-electron chi connectivity index (χ0n) is 23.3. The van der Waals surface area contributed by atoms with Gasteiger partial charge in [0, 0.05) is 18.2 Å². The van der Waals surface area contributed by atoms with Gasteiger partial charge in [-0.3, -0.25) is 14.4 Å². The highest BCUT2D eigenvalue weighted by Gasteiger charge is 2.53. The molecule has 0 unspecified atom stereocenters. The van der Waals surface area contributed by atoms with Gasteiger partial charge >= 0.3 is 5.97 Å². The Hall–Kier alpha value is -2.84. The lowest BCUT2D eigenvalue weighted by Crippen LogP contribution is -2.52. The number of methoxy groups -OCH3 is 1. The molecule has 214 valence electrons. The van der Waals surface area contributed by atoms with Gasteiger partial charge in [0.1, 0.15) is 5.75 Å². The summed E-state index contributed by atoms with van der Waals surface area (Å²) in [4.78, 5) is 38.5. The molecule has 0 heterocycles. The summed E-state index contributed by atoms with van der Waals surface area (Å²) in [5.41, 5.74) is -0.490. The second kappa shape index (κ2) is 10.3. The minimum absolute atomic E-state index is 0.00822. The summed E-state index contributed by atoms with van der Waals surface area (Å²) >= 11 is 0. The monoisotopic (exact) mass is 544 g/mol. The molecule has 0 aliphatic heterocycles. The standard InChI is InChI=1S/C30H41FN2O6/c1-16(29(2)11-12-29)32-27(35)24-17-5-6-18(13-17)25(24)33-26(34)20-14-23(21(31)15-22(20)38-4)39-19-7-9-30(3,10-8-19)28(36)37/h14-19,24-25H,5-13H2,1-4H3,(H,32,35)(H,33,34)(H,36,37)/t16-,17-,18+,19?,24+,25-,30?/m1/s1. The van der Waals surface area contributed by atoms with Crippen LogP contribution in [-0.4, -0.2) is 48.2 Å². The van der Waals surface area contributed by atoms with Gasteiger partial charge in [0.2, 0.25) is 5.91 Å². The number of hydrogen-bond acceptors (Lipinski definition) is 5. The van der Waals surface area contributed by atoms with E-state index in [2.05, 4.69) is 24.5 Å². The third-order valence-corrected chi connectivity index (χ3v) is 10.3. The minimum atomic E-state index is -0.834. The number of ether oxygens (including phenoxy) is 2. The Morgan fingerprint density at radius 3 is 2.31 bits per heavy atom. The van der Waals surface area contributed by atoms with Crippen molar-refractivity contribution in [1.29, 1.82) is 0 Å². The number of benzene rings is 1. The van der Waals surface area contributed by atoms with Gasteiger partial charge in [0.25, 0.3) is 5.91 Å². The van der Waals surface area contributed by atoms with E-state index in [0.29, 0.717) is 25.7 Å². The van der Waals surface area contributed by atoms with E-state index in [1.165, 1.54) is 13.2 Å². The molecule has 2 bridgehead atoms. The highest BCUT2D eigenvalue weighted by Crippen LogP contribution is 2.51. The topological polar surface area (TPSA) is 114 Å². The highest BCUT2D eigenvalue weighted by atomic mass is 19.1. The van der Waals surface area contributed by atoms with Crippen molar-refractivity contribution in [3.05, 3.63) is 23.5 Å². The van der Waals surface area contributed by atoms with Gasteiger partial charge in [-0.2, -0.15) is 0 Å². The molecule has 3 N–H and O–H groups in total. The molecule has 39 heavy (non-hydrogen) atoms. The van der Waals surface area contributed by atoms with Crippen LogP contribution < -0.4 is 20.1 Å². The molecule has 4 aliphatic carbocycles. The maximum absolute atomic E-state index is 15.0. The van der Waals surface area contributed by atoms with Gasteiger partial charge in [-0.05, 0) is 95.0 Å². The summed E-state index contributed by atoms with van der Waals surface area (Å²) in [7, 11) is 1.38. The van der Waals surface area contributed by atoms with E-state index in [9.17, 15) is 23.9 Å². The van der Waals surface area contributed by atoms with Gasteiger partial charge < -0.3 is 25.2 Å². The van der Waals surface area contributed by atoms with Crippen LogP contribution in [0.2, 0.25) is 0 Å². The maximum Gasteiger partial charge on any atom is 0.309 e. The molecule has 5 atom stereocenters. The summed E-state index contributed by atoms with van der Waals surface area (Å²) in [6.07, 6.45) is 6.59. The van der Waals surface area contributed by atoms with Crippen LogP contribution >= 0.6 is 0 Å². The van der Waals surface area contributed by atoms with Crippen LogP contribution in [0.15, 0.2) is 12.1 Å². The van der Waals surface area contributed by atoms with Gasteiger partial charge in [-0.25, -0.2) is 4.39 Å². The maximum atomic E-state index is 15.0. The van der Waals surface area contributed by atoms with Crippen molar-refractivity contribution >= 4 is 17.8 Å². The fourth-order valence-corrected chi connectivity index (χ4v) is 6.93. The molecule has 4 fully saturated rings. The smallest absolute Gasteiger partial charge is 0.309 e. The molecule has 5 rings (SSSR count). The molecule has 0 aromatic heterocycles. The molecule has 1 aromatic rings. The number of fused-ring (bicyclic) bond motifs is 2. The van der Waals surface area contributed by atoms with E-state index in [1.54, 1.807) is 6.92 Å². The van der Waals surface area contributed by atoms with Crippen molar-refractivity contribution in [2.24, 2.45) is 28.6 Å². The average molecular weight is 545 g/mol. The van der Waals surface area contributed by atoms with Gasteiger partial charge in [0.15, 0.2) is 11.6 Å². The first-order valence-electron chi connectivity index (χ1n) is 14.3. The van der Waals surface area contributed by atoms with Crippen LogP contribution in [0.4, 0.5) is 4.39 Å². The van der Waals surface area contributed by atoms with E-state index in [0.717, 1.165) is 38.2 Å². The number of carboxylic acids is 1. The van der Waals surface area contributed by atoms with Crippen molar-refractivity contribution in [3.8, 4) is 11.5 Å². The molecule has 2 amide bonds. The van der Waals surface area contributed by atoms with Crippen LogP contribution in [0.1, 0.15) is 88.9 Å². The fraction of sp³-hybridized carbons (Fsp3) is 0.700. The average Bonchev–Trinajstić information content (AvgIpc) is 3.34. The Morgan fingerprint density at radius 1 is 1.03 bits per heavy atom. The number of aliphatic carboxylic acids is 1. The fourth-order valence-electron chi connectivity index (χ4n) is 6.93. The quantitative estimate of drug-likeness (QED) is 0.416. The second-order valence-corrected chi connectivity index (χ2v) is 12.9. The van der Waals surface area contributed by atoms with Crippen LogP contribution in [0.3, 0.4) is 0 Å². The zero-order valence-corrected chi connectivity index (χ0v) is 23.3. The number of carbonyl (C=O) groups excluding carboxylic acids is 2. The van der Waals surface area contributed by atoms with Gasteiger partial charge in [-0.1, -0.05) is 6.92 Å². The third kappa shape index (κ3) is 5.33. The first kappa shape index (κ1) is 27.7. The Labute approximate surface area is 229 Å². The first-order valence-corrected chi connectivity index (χ1v) is 14.3. The molecule has 8 nitrogen and oxygen atoms in total. The molecule has 0 spiro atoms. The third-order valence-electron chi connectivity index (χ3n) is 10.3. The number of carboxylic acid groups (broad SMARTS) is 1. The van der Waals surface area contributed by atoms with Crippen LogP contribution in [0, 0.1) is 34.4 Å². The normalized spacial score (nSPS) is 33.2. The van der Waals surface area contributed by atoms with Crippen LogP contribution in [0.25, 0.3) is 0 Å². The molecule has 0 radical (unpaired) electrons. The number of hydrogen-bond donors (Lipinski definition) is 3. The SMILES string of the molecule is COc1cc(F)c(OC2CCC(C)(C(=O)O)CC2)cc1C(=O)N[C@@H]1[C@H]2CC[C@H](C2)[C@@H]1C(=O)N[C@H](C)C1(C)CC1. The summed E-state index contributed by atoms with van der Waals surface area (Å²) in [5, 5.41) is 15.8. The molecule has 0 saturated heterocycles. The number of carbonyl (C=O) groups is 3. The van der Waals surface area contributed by atoms with Crippen LogP contribution in [-0.2, 0) is 9.59 Å². The first-order chi connectivity index (χ1) is 18.4. The Kier molecular flexibility index (Phi) is 7.31. The number of nitrogens with one attached hydrogen (secondary N) is 2. The van der Waals surface area contributed by atoms with E-state index in [4.69, 9.17) is 9.47 Å². The Bertz CT molecular complexity index is 1140. The predicted octanol–water partition coefficient (Wildman–Crippen LogP) is 4.70. The Balaban J connectivity index is 1.30. The summed E-state index contributed by atoms with van der Waals surface area (Å²) in [5.74, 6) is -1.66. The molecule has 4 aliphatic rings. The van der Waals surface area contributed by atoms with Gasteiger partial charge in [0.05, 0.1) is 30.1 Å². The van der Waals surface area contributed by atoms with E-state index >= 15 is 0 Å². The predicted molar refractivity (Wildman–Crippen MR) is 142 cm³/mol. The molecule has 1 aromatic carbocycles. The van der Waals surface area contributed by atoms with E-state index in [-0.39, 0.29) is 64.3 Å². The minimum Gasteiger partial charge on any atom is -0.496 e. The lowest BCUT2D eigenvalue weighted by molar-refractivity contribution is -0.150. The zero-order chi connectivity index (χ0) is 28.1. The largest absolute Gasteiger partial charge is 0.496 e. The van der Waals surface area contributed by atoms with Gasteiger partial charge in [-0.15, -0.1) is 0 Å². The molecule has 9 heteroatoms. The Morgan fingerprint density at radius 2 is 1.69 bits per heavy atom. The van der Waals surface area contributed by atoms with Crippen molar-refractivity contribution in [2.45, 2.75) is 96.7 Å². The lowest BCUT2D eigenvalue weighted by atomic mass is 9.75. The van der Waals surface area contributed by atoms with Crippen molar-refractivity contribution in [3.63, 3.8) is 0 Å². The summed E-state index contributed by atoms with van der Waals surface area (Å²) in [6.45, 7) is 5.97. The van der Waals surface area contributed by atoms with Crippen molar-refractivity contribution in [2.75, 3.05) is 7.11 Å². The number of rotatable bonds is 9. The summed E-state index contributed by atoms with van der Waals surface area (Å²) in [6, 6.07) is 2.32. The van der Waals surface area contributed by atoms with E-state index in [1.807, 2.05) is 0 Å². The van der Waals surface area contributed by atoms with Crippen molar-refractivity contribution < 1.29 is 33.4 Å². The number of halogens is 1. The highest BCUT2D eigenvalue weighted by molar-refractivity contribution is 5.98. The molecule has 4 saturated carbocycles. The molecular weight excluding hydrogens is 503 g/mol. The number of amides is 2.